The molecule has 34 heavy (non-hydrogen) atoms. The van der Waals surface area contributed by atoms with Crippen molar-refractivity contribution >= 4 is 23.2 Å². The third-order valence-electron chi connectivity index (χ3n) is 6.90. The molecule has 3 heterocycles. The Hall–Kier alpha value is -2.90. The molecule has 178 valence electrons. The number of likely N-dealkylation sites (tertiary alicyclic amines) is 1. The molecule has 2 fully saturated rings. The first-order chi connectivity index (χ1) is 16.6. The number of carbonyl (C=O) groups is 1. The van der Waals surface area contributed by atoms with Crippen molar-refractivity contribution in [2.75, 3.05) is 44.2 Å². The van der Waals surface area contributed by atoms with E-state index in [2.05, 4.69) is 32.9 Å². The quantitative estimate of drug-likeness (QED) is 0.544. The number of aryl methyl sites for hydroxylation is 1. The molecule has 0 bridgehead atoms. The molecule has 8 heteroatoms. The molecule has 0 aliphatic carbocycles. The van der Waals surface area contributed by atoms with E-state index in [0.29, 0.717) is 24.2 Å². The van der Waals surface area contributed by atoms with Crippen molar-refractivity contribution in [3.05, 3.63) is 65.0 Å². The highest BCUT2D eigenvalue weighted by Crippen LogP contribution is 2.27. The second-order valence-corrected chi connectivity index (χ2v) is 9.61. The first-order valence-corrected chi connectivity index (χ1v) is 12.3. The van der Waals surface area contributed by atoms with Gasteiger partial charge in [0.15, 0.2) is 0 Å². The van der Waals surface area contributed by atoms with Crippen LogP contribution >= 0.6 is 11.6 Å². The molecule has 0 spiro atoms. The monoisotopic (exact) mass is 479 g/mol. The number of amides is 1. The Bertz CT molecular complexity index is 1120. The molecule has 5 rings (SSSR count). The third kappa shape index (κ3) is 5.10. The summed E-state index contributed by atoms with van der Waals surface area (Å²) in [5.41, 5.74) is 3.34. The highest BCUT2D eigenvalue weighted by atomic mass is 35.5. The van der Waals surface area contributed by atoms with Crippen molar-refractivity contribution in [2.24, 2.45) is 5.92 Å². The van der Waals surface area contributed by atoms with E-state index in [9.17, 15) is 4.79 Å². The number of carbonyl (C=O) groups excluding carboxylic acids is 1. The van der Waals surface area contributed by atoms with Crippen LogP contribution < -0.4 is 4.90 Å². The lowest BCUT2D eigenvalue weighted by Gasteiger charge is -2.39. The van der Waals surface area contributed by atoms with Crippen molar-refractivity contribution < 1.29 is 9.32 Å². The molecule has 3 aromatic rings. The zero-order chi connectivity index (χ0) is 23.5. The first-order valence-electron chi connectivity index (χ1n) is 12.0. The van der Waals surface area contributed by atoms with Gasteiger partial charge in [0.2, 0.25) is 17.6 Å². The zero-order valence-corrected chi connectivity index (χ0v) is 20.2. The minimum atomic E-state index is 0.0956. The SMILES string of the molecule is Cc1ccc(Cl)cc1N1CCN(C(=O)C2CCN(Cc3nc(-c4ccccc4)no3)CC2)CC1. The predicted molar refractivity (Wildman–Crippen MR) is 133 cm³/mol. The Morgan fingerprint density at radius 3 is 2.50 bits per heavy atom. The number of rotatable bonds is 5. The second-order valence-electron chi connectivity index (χ2n) is 9.17. The molecule has 2 aromatic carbocycles. The van der Waals surface area contributed by atoms with Crippen molar-refractivity contribution in [1.29, 1.82) is 0 Å². The molecule has 2 saturated heterocycles. The number of hydrogen-bond acceptors (Lipinski definition) is 6. The van der Waals surface area contributed by atoms with Crippen LogP contribution in [0.25, 0.3) is 11.4 Å². The lowest BCUT2D eigenvalue weighted by atomic mass is 9.95. The van der Waals surface area contributed by atoms with Gasteiger partial charge in [-0.15, -0.1) is 0 Å². The Kier molecular flexibility index (Phi) is 6.83. The molecule has 1 aromatic heterocycles. The Morgan fingerprint density at radius 2 is 1.76 bits per heavy atom. The lowest BCUT2D eigenvalue weighted by molar-refractivity contribution is -0.137. The first kappa shape index (κ1) is 22.9. The Labute approximate surface area is 205 Å². The molecule has 0 radical (unpaired) electrons. The standard InChI is InChI=1S/C26H30ClN5O2/c1-19-7-8-22(27)17-23(19)31-13-15-32(16-14-31)26(33)21-9-11-30(12-10-21)18-24-28-25(29-34-24)20-5-3-2-4-6-20/h2-8,17,21H,9-16,18H2,1H3. The van der Waals surface area contributed by atoms with Crippen molar-refractivity contribution in [3.63, 3.8) is 0 Å². The second kappa shape index (κ2) is 10.2. The van der Waals surface area contributed by atoms with Crippen molar-refractivity contribution in [1.82, 2.24) is 19.9 Å². The van der Waals surface area contributed by atoms with Crippen LogP contribution in [0.4, 0.5) is 5.69 Å². The third-order valence-corrected chi connectivity index (χ3v) is 7.13. The molecular formula is C26H30ClN5O2. The fourth-order valence-electron chi connectivity index (χ4n) is 4.90. The Balaban J connectivity index is 1.10. The largest absolute Gasteiger partial charge is 0.368 e. The predicted octanol–water partition coefficient (Wildman–Crippen LogP) is 4.26. The molecule has 0 saturated carbocycles. The summed E-state index contributed by atoms with van der Waals surface area (Å²) in [5, 5.41) is 4.86. The van der Waals surface area contributed by atoms with Crippen LogP contribution in [0.5, 0.6) is 0 Å². The number of hydrogen-bond donors (Lipinski definition) is 0. The number of anilines is 1. The molecule has 0 unspecified atom stereocenters. The van der Waals surface area contributed by atoms with E-state index in [-0.39, 0.29) is 5.92 Å². The van der Waals surface area contributed by atoms with Gasteiger partial charge >= 0.3 is 0 Å². The summed E-state index contributed by atoms with van der Waals surface area (Å²) < 4.78 is 5.46. The smallest absolute Gasteiger partial charge is 0.241 e. The van der Waals surface area contributed by atoms with E-state index in [4.69, 9.17) is 16.1 Å². The number of halogens is 1. The maximum Gasteiger partial charge on any atom is 0.241 e. The van der Waals surface area contributed by atoms with Crippen LogP contribution in [0, 0.1) is 12.8 Å². The Morgan fingerprint density at radius 1 is 1.03 bits per heavy atom. The van der Waals surface area contributed by atoms with E-state index in [1.165, 1.54) is 11.3 Å². The molecule has 0 atom stereocenters. The van der Waals surface area contributed by atoms with Crippen LogP contribution in [0.15, 0.2) is 53.1 Å². The number of piperidine rings is 1. The average Bonchev–Trinajstić information content (AvgIpc) is 3.35. The van der Waals surface area contributed by atoms with Gasteiger partial charge < -0.3 is 14.3 Å². The minimum Gasteiger partial charge on any atom is -0.368 e. The van der Waals surface area contributed by atoms with Gasteiger partial charge in [-0.05, 0) is 50.6 Å². The number of aromatic nitrogens is 2. The van der Waals surface area contributed by atoms with Crippen LogP contribution in [0.2, 0.25) is 5.02 Å². The van der Waals surface area contributed by atoms with Gasteiger partial charge in [-0.1, -0.05) is 53.2 Å². The van der Waals surface area contributed by atoms with Crippen LogP contribution in [0.1, 0.15) is 24.3 Å². The van der Waals surface area contributed by atoms with Crippen LogP contribution in [-0.2, 0) is 11.3 Å². The number of piperazine rings is 1. The topological polar surface area (TPSA) is 65.7 Å². The van der Waals surface area contributed by atoms with Gasteiger partial charge in [0.25, 0.3) is 0 Å². The van der Waals surface area contributed by atoms with Crippen molar-refractivity contribution in [2.45, 2.75) is 26.3 Å². The van der Waals surface area contributed by atoms with E-state index < -0.39 is 0 Å². The van der Waals surface area contributed by atoms with Gasteiger partial charge in [0.05, 0.1) is 6.54 Å². The van der Waals surface area contributed by atoms with Gasteiger partial charge in [-0.2, -0.15) is 4.98 Å². The summed E-state index contributed by atoms with van der Waals surface area (Å²) in [7, 11) is 0. The molecule has 7 nitrogen and oxygen atoms in total. The fourth-order valence-corrected chi connectivity index (χ4v) is 5.07. The van der Waals surface area contributed by atoms with Gasteiger partial charge in [-0.25, -0.2) is 0 Å². The van der Waals surface area contributed by atoms with Gasteiger partial charge in [0, 0.05) is 48.4 Å². The van der Waals surface area contributed by atoms with Crippen LogP contribution in [0.3, 0.4) is 0 Å². The maximum absolute atomic E-state index is 13.2. The molecule has 1 amide bonds. The molecule has 2 aliphatic rings. The zero-order valence-electron chi connectivity index (χ0n) is 19.5. The molecular weight excluding hydrogens is 450 g/mol. The summed E-state index contributed by atoms with van der Waals surface area (Å²) in [4.78, 5) is 24.4. The van der Waals surface area contributed by atoms with Gasteiger partial charge in [-0.3, -0.25) is 9.69 Å². The highest BCUT2D eigenvalue weighted by Gasteiger charge is 2.31. The number of benzene rings is 2. The maximum atomic E-state index is 13.2. The summed E-state index contributed by atoms with van der Waals surface area (Å²) in [6.45, 7) is 7.65. The summed E-state index contributed by atoms with van der Waals surface area (Å²) in [6.07, 6.45) is 1.73. The highest BCUT2D eigenvalue weighted by molar-refractivity contribution is 6.30. The van der Waals surface area contributed by atoms with E-state index in [0.717, 1.165) is 62.7 Å². The average molecular weight is 480 g/mol. The lowest BCUT2D eigenvalue weighted by Crippen LogP contribution is -2.51. The fraction of sp³-hybridized carbons (Fsp3) is 0.423. The summed E-state index contributed by atoms with van der Waals surface area (Å²) in [6, 6.07) is 15.8. The molecule has 2 aliphatic heterocycles. The van der Waals surface area contributed by atoms with Crippen LogP contribution in [-0.4, -0.2) is 65.1 Å². The van der Waals surface area contributed by atoms with Gasteiger partial charge in [0.1, 0.15) is 0 Å². The normalized spacial score (nSPS) is 17.8. The van der Waals surface area contributed by atoms with E-state index >= 15 is 0 Å². The molecule has 0 N–H and O–H groups in total. The number of nitrogens with zero attached hydrogens (tertiary/aromatic N) is 5. The van der Waals surface area contributed by atoms with Crippen molar-refractivity contribution in [3.8, 4) is 11.4 Å². The van der Waals surface area contributed by atoms with E-state index in [1.807, 2.05) is 47.4 Å². The van der Waals surface area contributed by atoms with E-state index in [1.54, 1.807) is 0 Å². The summed E-state index contributed by atoms with van der Waals surface area (Å²) >= 11 is 6.20. The summed E-state index contributed by atoms with van der Waals surface area (Å²) in [5.74, 6) is 1.63. The minimum absolute atomic E-state index is 0.0956.